The third-order valence-corrected chi connectivity index (χ3v) is 1.91. The molecule has 2 rings (SSSR count). The van der Waals surface area contributed by atoms with Gasteiger partial charge in [0, 0.05) is 24.2 Å². The van der Waals surface area contributed by atoms with Crippen LogP contribution in [0.3, 0.4) is 0 Å². The van der Waals surface area contributed by atoms with Gasteiger partial charge in [-0.15, -0.1) is 0 Å². The van der Waals surface area contributed by atoms with E-state index < -0.39 is 5.91 Å². The molecule has 0 atom stereocenters. The van der Waals surface area contributed by atoms with Gasteiger partial charge in [0.15, 0.2) is 0 Å². The molecule has 0 saturated carbocycles. The molecular formula is C10H8N4O. The first-order valence-electron chi connectivity index (χ1n) is 4.29. The van der Waals surface area contributed by atoms with Crippen molar-refractivity contribution in [2.24, 2.45) is 5.73 Å². The van der Waals surface area contributed by atoms with Crippen LogP contribution in [0.25, 0.3) is 11.3 Å². The Bertz CT molecular complexity index is 484. The van der Waals surface area contributed by atoms with Gasteiger partial charge in [-0.2, -0.15) is 0 Å². The fraction of sp³-hybridized carbons (Fsp3) is 0. The summed E-state index contributed by atoms with van der Waals surface area (Å²) in [5.74, 6) is -0.512. The number of primary amides is 1. The van der Waals surface area contributed by atoms with Crippen molar-refractivity contribution < 1.29 is 4.79 Å². The quantitative estimate of drug-likeness (QED) is 0.771. The lowest BCUT2D eigenvalue weighted by atomic mass is 10.1. The highest BCUT2D eigenvalue weighted by molar-refractivity contribution is 5.98. The zero-order chi connectivity index (χ0) is 10.7. The van der Waals surface area contributed by atoms with E-state index in [9.17, 15) is 4.79 Å². The van der Waals surface area contributed by atoms with Crippen LogP contribution in [0.2, 0.25) is 0 Å². The van der Waals surface area contributed by atoms with Gasteiger partial charge in [-0.3, -0.25) is 9.78 Å². The minimum absolute atomic E-state index is 0.368. The van der Waals surface area contributed by atoms with Crippen molar-refractivity contribution >= 4 is 5.91 Å². The van der Waals surface area contributed by atoms with Gasteiger partial charge in [0.25, 0.3) is 5.91 Å². The summed E-state index contributed by atoms with van der Waals surface area (Å²) in [7, 11) is 0. The van der Waals surface area contributed by atoms with Gasteiger partial charge in [-0.25, -0.2) is 9.97 Å². The van der Waals surface area contributed by atoms with Crippen molar-refractivity contribution in [1.82, 2.24) is 15.0 Å². The smallest absolute Gasteiger partial charge is 0.250 e. The van der Waals surface area contributed by atoms with E-state index in [-0.39, 0.29) is 0 Å². The van der Waals surface area contributed by atoms with E-state index >= 15 is 0 Å². The van der Waals surface area contributed by atoms with Crippen LogP contribution in [0.5, 0.6) is 0 Å². The van der Waals surface area contributed by atoms with E-state index in [1.165, 1.54) is 6.33 Å². The summed E-state index contributed by atoms with van der Waals surface area (Å²) >= 11 is 0. The number of carbonyl (C=O) groups is 1. The maximum Gasteiger partial charge on any atom is 0.250 e. The summed E-state index contributed by atoms with van der Waals surface area (Å²) in [6, 6.07) is 3.28. The molecule has 0 aliphatic carbocycles. The second-order valence-electron chi connectivity index (χ2n) is 2.89. The molecule has 74 valence electrons. The Morgan fingerprint density at radius 3 is 2.67 bits per heavy atom. The third-order valence-electron chi connectivity index (χ3n) is 1.91. The monoisotopic (exact) mass is 200 g/mol. The van der Waals surface area contributed by atoms with E-state index in [4.69, 9.17) is 5.73 Å². The fourth-order valence-electron chi connectivity index (χ4n) is 1.26. The molecule has 0 aromatic carbocycles. The molecule has 0 radical (unpaired) electrons. The molecule has 5 nitrogen and oxygen atoms in total. The third kappa shape index (κ3) is 1.80. The van der Waals surface area contributed by atoms with Crippen LogP contribution in [0.4, 0.5) is 0 Å². The van der Waals surface area contributed by atoms with Crippen molar-refractivity contribution in [3.8, 4) is 11.3 Å². The van der Waals surface area contributed by atoms with Crippen LogP contribution in [0.15, 0.2) is 37.1 Å². The molecule has 0 aliphatic rings. The highest BCUT2D eigenvalue weighted by atomic mass is 16.1. The molecule has 15 heavy (non-hydrogen) atoms. The number of amides is 1. The Kier molecular flexibility index (Phi) is 2.37. The molecule has 2 aromatic heterocycles. The van der Waals surface area contributed by atoms with Crippen molar-refractivity contribution in [2.75, 3.05) is 0 Å². The molecule has 0 fully saturated rings. The van der Waals surface area contributed by atoms with Crippen molar-refractivity contribution in [2.45, 2.75) is 0 Å². The summed E-state index contributed by atoms with van der Waals surface area (Å²) in [5.41, 5.74) is 6.78. The van der Waals surface area contributed by atoms with Gasteiger partial charge in [-0.1, -0.05) is 0 Å². The Morgan fingerprint density at radius 2 is 2.00 bits per heavy atom. The standard InChI is InChI=1S/C10H8N4O/c11-10(15)8-2-1-3-14-9(8)7-4-12-6-13-5-7/h1-6H,(H2,11,15). The average Bonchev–Trinajstić information content (AvgIpc) is 2.30. The molecule has 2 N–H and O–H groups in total. The summed E-state index contributed by atoms with van der Waals surface area (Å²) in [6.07, 6.45) is 6.18. The van der Waals surface area contributed by atoms with Crippen LogP contribution < -0.4 is 5.73 Å². The minimum Gasteiger partial charge on any atom is -0.366 e. The number of rotatable bonds is 2. The van der Waals surface area contributed by atoms with E-state index in [1.807, 2.05) is 0 Å². The van der Waals surface area contributed by atoms with Crippen LogP contribution in [-0.4, -0.2) is 20.9 Å². The number of nitrogens with two attached hydrogens (primary N) is 1. The summed E-state index contributed by atoms with van der Waals surface area (Å²) in [4.78, 5) is 22.9. The van der Waals surface area contributed by atoms with Crippen LogP contribution >= 0.6 is 0 Å². The Labute approximate surface area is 86.0 Å². The number of hydrogen-bond donors (Lipinski definition) is 1. The molecular weight excluding hydrogens is 192 g/mol. The van der Waals surface area contributed by atoms with Gasteiger partial charge in [0.1, 0.15) is 6.33 Å². The highest BCUT2D eigenvalue weighted by Gasteiger charge is 2.10. The maximum absolute atomic E-state index is 11.1. The van der Waals surface area contributed by atoms with Gasteiger partial charge < -0.3 is 5.73 Å². The Balaban J connectivity index is 2.58. The number of pyridine rings is 1. The lowest BCUT2D eigenvalue weighted by molar-refractivity contribution is 0.100. The first-order valence-corrected chi connectivity index (χ1v) is 4.29. The van der Waals surface area contributed by atoms with Crippen molar-refractivity contribution in [3.63, 3.8) is 0 Å². The topological polar surface area (TPSA) is 81.8 Å². The molecule has 2 heterocycles. The first-order chi connectivity index (χ1) is 7.29. The zero-order valence-corrected chi connectivity index (χ0v) is 7.79. The average molecular weight is 200 g/mol. The van der Waals surface area contributed by atoms with Gasteiger partial charge in [0.2, 0.25) is 0 Å². The predicted octanol–water partition coefficient (Wildman–Crippen LogP) is 0.637. The van der Waals surface area contributed by atoms with E-state index in [2.05, 4.69) is 15.0 Å². The van der Waals surface area contributed by atoms with Gasteiger partial charge in [-0.05, 0) is 12.1 Å². The van der Waals surface area contributed by atoms with Crippen LogP contribution in [0, 0.1) is 0 Å². The fourth-order valence-corrected chi connectivity index (χ4v) is 1.26. The predicted molar refractivity (Wildman–Crippen MR) is 53.8 cm³/mol. The molecule has 1 amide bonds. The Hall–Kier alpha value is -2.30. The number of carbonyl (C=O) groups excluding carboxylic acids is 1. The molecule has 5 heteroatoms. The number of nitrogens with zero attached hydrogens (tertiary/aromatic N) is 3. The lowest BCUT2D eigenvalue weighted by Gasteiger charge is -2.03. The maximum atomic E-state index is 11.1. The van der Waals surface area contributed by atoms with Crippen LogP contribution in [-0.2, 0) is 0 Å². The highest BCUT2D eigenvalue weighted by Crippen LogP contribution is 2.18. The Morgan fingerprint density at radius 1 is 1.27 bits per heavy atom. The lowest BCUT2D eigenvalue weighted by Crippen LogP contribution is -2.13. The molecule has 2 aromatic rings. The number of aromatic nitrogens is 3. The summed E-state index contributed by atoms with van der Waals surface area (Å²) in [5, 5.41) is 0. The van der Waals surface area contributed by atoms with E-state index in [0.717, 1.165) is 0 Å². The zero-order valence-electron chi connectivity index (χ0n) is 7.79. The molecule has 0 saturated heterocycles. The molecule has 0 unspecified atom stereocenters. The van der Waals surface area contributed by atoms with Gasteiger partial charge >= 0.3 is 0 Å². The summed E-state index contributed by atoms with van der Waals surface area (Å²) < 4.78 is 0. The van der Waals surface area contributed by atoms with E-state index in [0.29, 0.717) is 16.8 Å². The minimum atomic E-state index is -0.512. The van der Waals surface area contributed by atoms with Crippen molar-refractivity contribution in [3.05, 3.63) is 42.6 Å². The number of hydrogen-bond acceptors (Lipinski definition) is 4. The SMILES string of the molecule is NC(=O)c1cccnc1-c1cncnc1. The summed E-state index contributed by atoms with van der Waals surface area (Å²) in [6.45, 7) is 0. The molecule has 0 bridgehead atoms. The van der Waals surface area contributed by atoms with E-state index in [1.54, 1.807) is 30.7 Å². The van der Waals surface area contributed by atoms with Crippen molar-refractivity contribution in [1.29, 1.82) is 0 Å². The van der Waals surface area contributed by atoms with Gasteiger partial charge in [0.05, 0.1) is 11.3 Å². The second kappa shape index (κ2) is 3.83. The normalized spacial score (nSPS) is 9.87. The molecule has 0 aliphatic heterocycles. The first kappa shape index (κ1) is 9.26. The largest absolute Gasteiger partial charge is 0.366 e. The molecule has 0 spiro atoms. The van der Waals surface area contributed by atoms with Crippen LogP contribution in [0.1, 0.15) is 10.4 Å². The second-order valence-corrected chi connectivity index (χ2v) is 2.89.